The Bertz CT molecular complexity index is 612. The summed E-state index contributed by atoms with van der Waals surface area (Å²) in [6, 6.07) is 13.3. The van der Waals surface area contributed by atoms with Gasteiger partial charge in [0.15, 0.2) is 11.5 Å². The van der Waals surface area contributed by atoms with Crippen LogP contribution in [-0.4, -0.2) is 6.79 Å². The number of para-hydroxylation sites is 1. The maximum atomic E-state index is 6.11. The van der Waals surface area contributed by atoms with Gasteiger partial charge in [-0.05, 0) is 24.6 Å². The van der Waals surface area contributed by atoms with Crippen LogP contribution in [0.1, 0.15) is 24.9 Å². The van der Waals surface area contributed by atoms with Crippen molar-refractivity contribution < 1.29 is 14.2 Å². The van der Waals surface area contributed by atoms with Crippen LogP contribution in [0, 0.1) is 0 Å². The summed E-state index contributed by atoms with van der Waals surface area (Å²) in [7, 11) is 0. The van der Waals surface area contributed by atoms with Crippen molar-refractivity contribution in [2.24, 2.45) is 5.73 Å². The summed E-state index contributed by atoms with van der Waals surface area (Å²) in [4.78, 5) is 0. The molecule has 4 nitrogen and oxygen atoms in total. The molecular weight excluding hydrogens is 254 g/mol. The Labute approximate surface area is 118 Å². The van der Waals surface area contributed by atoms with Crippen molar-refractivity contribution in [1.29, 1.82) is 0 Å². The Morgan fingerprint density at radius 3 is 2.80 bits per heavy atom. The summed E-state index contributed by atoms with van der Waals surface area (Å²) in [5, 5.41) is 0. The van der Waals surface area contributed by atoms with Crippen LogP contribution in [0.2, 0.25) is 0 Å². The molecule has 0 saturated carbocycles. The molecule has 1 aliphatic heterocycles. The van der Waals surface area contributed by atoms with Gasteiger partial charge in [-0.25, -0.2) is 0 Å². The van der Waals surface area contributed by atoms with Crippen molar-refractivity contribution in [2.45, 2.75) is 19.4 Å². The third-order valence-electron chi connectivity index (χ3n) is 3.33. The van der Waals surface area contributed by atoms with Crippen LogP contribution in [-0.2, 0) is 0 Å². The van der Waals surface area contributed by atoms with Crippen LogP contribution in [0.15, 0.2) is 42.5 Å². The molecule has 0 amide bonds. The Morgan fingerprint density at radius 2 is 1.95 bits per heavy atom. The Hall–Kier alpha value is -2.20. The van der Waals surface area contributed by atoms with E-state index in [2.05, 4.69) is 6.92 Å². The molecule has 0 saturated heterocycles. The van der Waals surface area contributed by atoms with Crippen LogP contribution in [0.4, 0.5) is 0 Å². The first-order valence-electron chi connectivity index (χ1n) is 6.70. The first kappa shape index (κ1) is 12.8. The van der Waals surface area contributed by atoms with Gasteiger partial charge in [-0.1, -0.05) is 25.1 Å². The van der Waals surface area contributed by atoms with Crippen LogP contribution >= 0.6 is 0 Å². The quantitative estimate of drug-likeness (QED) is 0.922. The van der Waals surface area contributed by atoms with E-state index in [0.717, 1.165) is 23.5 Å². The fourth-order valence-electron chi connectivity index (χ4n) is 2.17. The zero-order chi connectivity index (χ0) is 13.9. The average Bonchev–Trinajstić information content (AvgIpc) is 2.94. The third kappa shape index (κ3) is 2.42. The van der Waals surface area contributed by atoms with E-state index in [-0.39, 0.29) is 12.8 Å². The molecule has 0 radical (unpaired) electrons. The van der Waals surface area contributed by atoms with Crippen LogP contribution in [0.3, 0.4) is 0 Å². The number of hydrogen-bond donors (Lipinski definition) is 1. The monoisotopic (exact) mass is 271 g/mol. The van der Waals surface area contributed by atoms with Gasteiger partial charge in [0, 0.05) is 17.7 Å². The first-order chi connectivity index (χ1) is 9.78. The van der Waals surface area contributed by atoms with Crippen LogP contribution in [0.25, 0.3) is 0 Å². The van der Waals surface area contributed by atoms with Crippen molar-refractivity contribution in [3.05, 3.63) is 48.0 Å². The number of benzene rings is 2. The fourth-order valence-corrected chi connectivity index (χ4v) is 2.17. The SMILES string of the molecule is CCC(N)c1ccccc1Oc1ccc2c(c1)OCO2. The van der Waals surface area contributed by atoms with E-state index in [0.29, 0.717) is 11.5 Å². The lowest BCUT2D eigenvalue weighted by Gasteiger charge is -2.15. The summed E-state index contributed by atoms with van der Waals surface area (Å²) >= 11 is 0. The predicted octanol–water partition coefficient (Wildman–Crippen LogP) is 3.62. The van der Waals surface area contributed by atoms with Gasteiger partial charge in [0.2, 0.25) is 6.79 Å². The van der Waals surface area contributed by atoms with Gasteiger partial charge in [-0.3, -0.25) is 0 Å². The topological polar surface area (TPSA) is 53.7 Å². The second kappa shape index (κ2) is 5.43. The highest BCUT2D eigenvalue weighted by molar-refractivity contribution is 5.49. The summed E-state index contributed by atoms with van der Waals surface area (Å²) in [6.45, 7) is 2.32. The third-order valence-corrected chi connectivity index (χ3v) is 3.33. The van der Waals surface area contributed by atoms with Gasteiger partial charge >= 0.3 is 0 Å². The van der Waals surface area contributed by atoms with Gasteiger partial charge in [-0.2, -0.15) is 0 Å². The molecule has 0 spiro atoms. The fraction of sp³-hybridized carbons (Fsp3) is 0.250. The molecule has 1 atom stereocenters. The standard InChI is InChI=1S/C16H17NO3/c1-2-13(17)12-5-3-4-6-14(12)20-11-7-8-15-16(9-11)19-10-18-15/h3-9,13H,2,10,17H2,1H3. The summed E-state index contributed by atoms with van der Waals surface area (Å²) in [5.41, 5.74) is 7.12. The van der Waals surface area contributed by atoms with Gasteiger partial charge < -0.3 is 19.9 Å². The van der Waals surface area contributed by atoms with Crippen LogP contribution in [0.5, 0.6) is 23.0 Å². The highest BCUT2D eigenvalue weighted by Gasteiger charge is 2.15. The molecule has 3 rings (SSSR count). The van der Waals surface area contributed by atoms with E-state index in [1.807, 2.05) is 42.5 Å². The second-order valence-electron chi connectivity index (χ2n) is 4.67. The van der Waals surface area contributed by atoms with E-state index in [1.54, 1.807) is 0 Å². The predicted molar refractivity (Wildman–Crippen MR) is 76.3 cm³/mol. The molecular formula is C16H17NO3. The maximum Gasteiger partial charge on any atom is 0.231 e. The molecule has 4 heteroatoms. The Morgan fingerprint density at radius 1 is 1.15 bits per heavy atom. The number of fused-ring (bicyclic) bond motifs is 1. The average molecular weight is 271 g/mol. The lowest BCUT2D eigenvalue weighted by atomic mass is 10.0. The van der Waals surface area contributed by atoms with Crippen molar-refractivity contribution in [3.63, 3.8) is 0 Å². The van der Waals surface area contributed by atoms with Gasteiger partial charge in [-0.15, -0.1) is 0 Å². The van der Waals surface area contributed by atoms with Gasteiger partial charge in [0.25, 0.3) is 0 Å². The Balaban J connectivity index is 1.88. The molecule has 1 heterocycles. The second-order valence-corrected chi connectivity index (χ2v) is 4.67. The molecule has 0 fully saturated rings. The molecule has 2 aromatic rings. The van der Waals surface area contributed by atoms with Gasteiger partial charge in [0.05, 0.1) is 0 Å². The molecule has 0 aromatic heterocycles. The lowest BCUT2D eigenvalue weighted by Crippen LogP contribution is -2.09. The van der Waals surface area contributed by atoms with E-state index in [4.69, 9.17) is 19.9 Å². The smallest absolute Gasteiger partial charge is 0.231 e. The summed E-state index contributed by atoms with van der Waals surface area (Å²) in [5.74, 6) is 2.95. The highest BCUT2D eigenvalue weighted by Crippen LogP contribution is 2.37. The van der Waals surface area contributed by atoms with Crippen molar-refractivity contribution in [3.8, 4) is 23.0 Å². The minimum absolute atomic E-state index is 0.0276. The molecule has 2 N–H and O–H groups in total. The molecule has 1 aliphatic rings. The number of hydrogen-bond acceptors (Lipinski definition) is 4. The normalized spacial score (nSPS) is 14.1. The zero-order valence-corrected chi connectivity index (χ0v) is 11.3. The molecule has 0 aliphatic carbocycles. The van der Waals surface area contributed by atoms with E-state index < -0.39 is 0 Å². The van der Waals surface area contributed by atoms with Crippen molar-refractivity contribution in [2.75, 3.05) is 6.79 Å². The van der Waals surface area contributed by atoms with E-state index in [1.165, 1.54) is 0 Å². The summed E-state index contributed by atoms with van der Waals surface area (Å²) in [6.07, 6.45) is 0.863. The molecule has 0 bridgehead atoms. The Kier molecular flexibility index (Phi) is 3.48. The van der Waals surface area contributed by atoms with Gasteiger partial charge in [0.1, 0.15) is 11.5 Å². The number of rotatable bonds is 4. The minimum atomic E-state index is -0.0276. The number of nitrogens with two attached hydrogens (primary N) is 1. The van der Waals surface area contributed by atoms with Crippen molar-refractivity contribution in [1.82, 2.24) is 0 Å². The molecule has 104 valence electrons. The van der Waals surface area contributed by atoms with E-state index in [9.17, 15) is 0 Å². The van der Waals surface area contributed by atoms with Crippen molar-refractivity contribution >= 4 is 0 Å². The first-order valence-corrected chi connectivity index (χ1v) is 6.70. The van der Waals surface area contributed by atoms with Crippen LogP contribution < -0.4 is 19.9 Å². The van der Waals surface area contributed by atoms with E-state index >= 15 is 0 Å². The molecule has 2 aromatic carbocycles. The number of ether oxygens (including phenoxy) is 3. The summed E-state index contributed by atoms with van der Waals surface area (Å²) < 4.78 is 16.6. The highest BCUT2D eigenvalue weighted by atomic mass is 16.7. The molecule has 1 unspecified atom stereocenters. The largest absolute Gasteiger partial charge is 0.457 e. The molecule has 20 heavy (non-hydrogen) atoms. The lowest BCUT2D eigenvalue weighted by molar-refractivity contribution is 0.174. The maximum absolute atomic E-state index is 6.11. The minimum Gasteiger partial charge on any atom is -0.457 e. The zero-order valence-electron chi connectivity index (χ0n) is 11.3.